The van der Waals surface area contributed by atoms with E-state index in [9.17, 15) is 22.8 Å². The van der Waals surface area contributed by atoms with Crippen molar-refractivity contribution < 1.29 is 27.5 Å². The van der Waals surface area contributed by atoms with Gasteiger partial charge in [-0.2, -0.15) is 0 Å². The van der Waals surface area contributed by atoms with Crippen molar-refractivity contribution in [2.45, 2.75) is 57.5 Å². The van der Waals surface area contributed by atoms with Crippen LogP contribution in [0.4, 0.5) is 0 Å². The van der Waals surface area contributed by atoms with Crippen molar-refractivity contribution in [3.63, 3.8) is 0 Å². The Morgan fingerprint density at radius 3 is 2.33 bits per heavy atom. The molecule has 2 rings (SSSR count). The Kier molecular flexibility index (Phi) is 9.53. The number of rotatable bonds is 11. The van der Waals surface area contributed by atoms with Gasteiger partial charge in [-0.3, -0.25) is 9.59 Å². The molecule has 2 aromatic rings. The molecule has 2 amide bonds. The lowest BCUT2D eigenvalue weighted by Gasteiger charge is -2.11. The first kappa shape index (κ1) is 26.0. The van der Waals surface area contributed by atoms with Crippen LogP contribution in [0.2, 0.25) is 0 Å². The van der Waals surface area contributed by atoms with E-state index >= 15 is 0 Å². The molecular weight excluding hydrogens is 446 g/mol. The molecule has 0 saturated carbocycles. The first-order valence-corrected chi connectivity index (χ1v) is 12.2. The Morgan fingerprint density at radius 2 is 1.76 bits per heavy atom. The smallest absolute Gasteiger partial charge is 0.357 e. The Morgan fingerprint density at radius 1 is 1.06 bits per heavy atom. The molecule has 9 nitrogen and oxygen atoms in total. The topological polar surface area (TPSA) is 132 Å². The fourth-order valence-electron chi connectivity index (χ4n) is 2.71. The summed E-state index contributed by atoms with van der Waals surface area (Å²) in [5, 5.41) is 2.80. The van der Waals surface area contributed by atoms with Gasteiger partial charge in [0.05, 0.1) is 16.6 Å². The van der Waals surface area contributed by atoms with Crippen LogP contribution in [0.25, 0.3) is 0 Å². The third-order valence-electron chi connectivity index (χ3n) is 4.79. The number of esters is 1. The molecule has 1 aromatic carbocycles. The number of aromatic nitrogens is 1. The van der Waals surface area contributed by atoms with Crippen molar-refractivity contribution in [2.24, 2.45) is 0 Å². The molecule has 178 valence electrons. The zero-order chi connectivity index (χ0) is 24.4. The highest BCUT2D eigenvalue weighted by Gasteiger charge is 2.20. The van der Waals surface area contributed by atoms with E-state index in [1.165, 1.54) is 24.3 Å². The molecule has 0 spiro atoms. The monoisotopic (exact) mass is 475 g/mol. The van der Waals surface area contributed by atoms with Crippen LogP contribution < -0.4 is 10.0 Å². The van der Waals surface area contributed by atoms with E-state index in [2.05, 4.69) is 10.3 Å². The van der Waals surface area contributed by atoms with Crippen LogP contribution in [0.15, 0.2) is 47.5 Å². The Bertz CT molecular complexity index is 1070. The molecule has 1 atom stereocenters. The zero-order valence-corrected chi connectivity index (χ0v) is 19.8. The summed E-state index contributed by atoms with van der Waals surface area (Å²) < 4.78 is 32.3. The van der Waals surface area contributed by atoms with Gasteiger partial charge in [0.1, 0.15) is 5.69 Å². The van der Waals surface area contributed by atoms with Gasteiger partial charge in [0.15, 0.2) is 0 Å². The maximum absolute atomic E-state index is 12.5. The quantitative estimate of drug-likeness (QED) is 0.478. The second-order valence-electron chi connectivity index (χ2n) is 7.48. The predicted molar refractivity (Wildman–Crippen MR) is 122 cm³/mol. The van der Waals surface area contributed by atoms with Gasteiger partial charge in [0, 0.05) is 19.2 Å². The minimum atomic E-state index is -4.10. The number of amides is 2. The number of benzene rings is 1. The Labute approximate surface area is 194 Å². The van der Waals surface area contributed by atoms with Gasteiger partial charge < -0.3 is 10.1 Å². The number of hydrogen-bond donors (Lipinski definition) is 2. The highest BCUT2D eigenvalue weighted by molar-refractivity contribution is 7.90. The summed E-state index contributed by atoms with van der Waals surface area (Å²) in [7, 11) is -4.10. The number of carbonyl (C=O) groups excluding carboxylic acids is 3. The summed E-state index contributed by atoms with van der Waals surface area (Å²) in [5.41, 5.74) is 0.857. The number of carbonyl (C=O) groups is 3. The van der Waals surface area contributed by atoms with E-state index in [0.29, 0.717) is 25.8 Å². The van der Waals surface area contributed by atoms with E-state index in [1.54, 1.807) is 19.1 Å². The maximum atomic E-state index is 12.5. The average Bonchev–Trinajstić information content (AvgIpc) is 2.79. The fraction of sp³-hybridized carbons (Fsp3) is 0.391. The second-order valence-corrected chi connectivity index (χ2v) is 9.17. The van der Waals surface area contributed by atoms with Crippen LogP contribution in [0.1, 0.15) is 66.4 Å². The number of hydrogen-bond acceptors (Lipinski definition) is 7. The minimum Gasteiger partial charge on any atom is -0.458 e. The van der Waals surface area contributed by atoms with Gasteiger partial charge >= 0.3 is 5.97 Å². The summed E-state index contributed by atoms with van der Waals surface area (Å²) in [6.45, 7) is 6.01. The van der Waals surface area contributed by atoms with Crippen molar-refractivity contribution in [3.05, 3.63) is 59.4 Å². The largest absolute Gasteiger partial charge is 0.458 e. The molecule has 10 heteroatoms. The van der Waals surface area contributed by atoms with Crippen LogP contribution in [0.5, 0.6) is 0 Å². The standard InChI is InChI=1S/C23H29N3O6S/c1-4-6-21(27)24-14-13-17-7-10-19(11-8-17)33(30,31)26-22(28)18-9-12-20(25-15-18)23(29)32-16(3)5-2/h7-12,15-16H,4-6,13-14H2,1-3H3,(H,24,27)(H,26,28)/t16-/m0/s1. The molecule has 0 aliphatic carbocycles. The third-order valence-corrected chi connectivity index (χ3v) is 6.14. The summed E-state index contributed by atoms with van der Waals surface area (Å²) in [5.74, 6) is -1.50. The third kappa shape index (κ3) is 7.98. The van der Waals surface area contributed by atoms with Gasteiger partial charge in [-0.15, -0.1) is 0 Å². The van der Waals surface area contributed by atoms with Crippen molar-refractivity contribution in [1.29, 1.82) is 0 Å². The number of sulfonamides is 1. The van der Waals surface area contributed by atoms with Gasteiger partial charge in [-0.1, -0.05) is 26.0 Å². The Balaban J connectivity index is 1.97. The summed E-state index contributed by atoms with van der Waals surface area (Å²) in [4.78, 5) is 39.6. The highest BCUT2D eigenvalue weighted by atomic mass is 32.2. The van der Waals surface area contributed by atoms with E-state index < -0.39 is 21.9 Å². The van der Waals surface area contributed by atoms with Crippen molar-refractivity contribution in [1.82, 2.24) is 15.0 Å². The molecule has 0 bridgehead atoms. The molecule has 1 heterocycles. The van der Waals surface area contributed by atoms with Gasteiger partial charge in [0.25, 0.3) is 15.9 Å². The molecular formula is C23H29N3O6S. The second kappa shape index (κ2) is 12.1. The van der Waals surface area contributed by atoms with Crippen molar-refractivity contribution >= 4 is 27.8 Å². The molecule has 0 unspecified atom stereocenters. The lowest BCUT2D eigenvalue weighted by atomic mass is 10.1. The van der Waals surface area contributed by atoms with Crippen LogP contribution >= 0.6 is 0 Å². The minimum absolute atomic E-state index is 0.0156. The van der Waals surface area contributed by atoms with Crippen LogP contribution in [-0.2, 0) is 26.0 Å². The molecule has 0 radical (unpaired) electrons. The number of pyridine rings is 1. The molecule has 0 aliphatic rings. The molecule has 2 N–H and O–H groups in total. The first-order chi connectivity index (χ1) is 15.7. The number of nitrogens with one attached hydrogen (secondary N) is 2. The van der Waals surface area contributed by atoms with Gasteiger partial charge in [-0.25, -0.2) is 22.9 Å². The molecule has 33 heavy (non-hydrogen) atoms. The van der Waals surface area contributed by atoms with Crippen LogP contribution in [0.3, 0.4) is 0 Å². The molecule has 0 fully saturated rings. The van der Waals surface area contributed by atoms with Crippen molar-refractivity contribution in [2.75, 3.05) is 6.54 Å². The van der Waals surface area contributed by atoms with Gasteiger partial charge in [-0.05, 0) is 56.0 Å². The highest BCUT2D eigenvalue weighted by Crippen LogP contribution is 2.12. The van der Waals surface area contributed by atoms with E-state index in [0.717, 1.165) is 18.2 Å². The normalized spacial score (nSPS) is 12.0. The Hall–Kier alpha value is -3.27. The molecule has 1 aromatic heterocycles. The lowest BCUT2D eigenvalue weighted by Crippen LogP contribution is -2.30. The van der Waals surface area contributed by atoms with Gasteiger partial charge in [0.2, 0.25) is 5.91 Å². The maximum Gasteiger partial charge on any atom is 0.357 e. The fourth-order valence-corrected chi connectivity index (χ4v) is 3.69. The number of nitrogens with zero attached hydrogens (tertiary/aromatic N) is 1. The summed E-state index contributed by atoms with van der Waals surface area (Å²) in [6.07, 6.45) is 3.30. The summed E-state index contributed by atoms with van der Waals surface area (Å²) >= 11 is 0. The number of ether oxygens (including phenoxy) is 1. The molecule has 0 saturated heterocycles. The van der Waals surface area contributed by atoms with E-state index in [-0.39, 0.29) is 28.2 Å². The van der Waals surface area contributed by atoms with Crippen LogP contribution in [0, 0.1) is 0 Å². The molecule has 0 aliphatic heterocycles. The van der Waals surface area contributed by atoms with E-state index in [4.69, 9.17) is 4.74 Å². The van der Waals surface area contributed by atoms with E-state index in [1.807, 2.05) is 18.6 Å². The van der Waals surface area contributed by atoms with Crippen LogP contribution in [-0.4, -0.2) is 43.8 Å². The predicted octanol–water partition coefficient (Wildman–Crippen LogP) is 2.61. The SMILES string of the molecule is CCCC(=O)NCCc1ccc(S(=O)(=O)NC(=O)c2ccc(C(=O)O[C@@H](C)CC)nc2)cc1. The average molecular weight is 476 g/mol. The van der Waals surface area contributed by atoms with Crippen molar-refractivity contribution in [3.8, 4) is 0 Å². The first-order valence-electron chi connectivity index (χ1n) is 10.8. The zero-order valence-electron chi connectivity index (χ0n) is 19.0. The summed E-state index contributed by atoms with van der Waals surface area (Å²) in [6, 6.07) is 8.66. The lowest BCUT2D eigenvalue weighted by molar-refractivity contribution is -0.121.